The van der Waals surface area contributed by atoms with Crippen LogP contribution in [0.3, 0.4) is 0 Å². The quantitative estimate of drug-likeness (QED) is 0.508. The van der Waals surface area contributed by atoms with Crippen molar-refractivity contribution in [3.8, 4) is 0 Å². The van der Waals surface area contributed by atoms with Gasteiger partial charge in [-0.15, -0.1) is 11.6 Å². The van der Waals surface area contributed by atoms with Gasteiger partial charge in [0.15, 0.2) is 5.78 Å². The fourth-order valence-corrected chi connectivity index (χ4v) is 1.38. The van der Waals surface area contributed by atoms with Crippen LogP contribution in [0, 0.1) is 5.82 Å². The van der Waals surface area contributed by atoms with Crippen molar-refractivity contribution in [2.75, 3.05) is 11.6 Å². The number of ketones is 1. The largest absolute Gasteiger partial charge is 0.398 e. The second-order valence-electron chi connectivity index (χ2n) is 2.41. The summed E-state index contributed by atoms with van der Waals surface area (Å²) in [5, 5.41) is 0. The first-order valence-corrected chi connectivity index (χ1v) is 4.72. The Balaban J connectivity index is 3.23. The molecule has 1 aromatic rings. The molecule has 1 aromatic carbocycles. The van der Waals surface area contributed by atoms with Crippen LogP contribution < -0.4 is 5.73 Å². The molecule has 0 aliphatic rings. The molecule has 0 fully saturated rings. The van der Waals surface area contributed by atoms with Gasteiger partial charge in [-0.05, 0) is 28.1 Å². The van der Waals surface area contributed by atoms with Gasteiger partial charge in [-0.1, -0.05) is 0 Å². The third-order valence-corrected chi connectivity index (χ3v) is 2.36. The van der Waals surface area contributed by atoms with E-state index in [4.69, 9.17) is 17.3 Å². The predicted octanol–water partition coefficient (Wildman–Crippen LogP) is 2.59. The van der Waals surface area contributed by atoms with Gasteiger partial charge in [-0.3, -0.25) is 4.79 Å². The lowest BCUT2D eigenvalue weighted by Gasteiger charge is -2.03. The van der Waals surface area contributed by atoms with Gasteiger partial charge in [0, 0.05) is 11.3 Å². The zero-order chi connectivity index (χ0) is 10.0. The molecule has 2 N–H and O–H groups in total. The zero-order valence-electron chi connectivity index (χ0n) is 6.48. The Morgan fingerprint density at radius 1 is 1.62 bits per heavy atom. The highest BCUT2D eigenvalue weighted by Crippen LogP contribution is 2.23. The van der Waals surface area contributed by atoms with E-state index in [1.54, 1.807) is 0 Å². The maximum Gasteiger partial charge on any atom is 0.179 e. The molecule has 0 bridgehead atoms. The number of Topliss-reactive ketones (excluding diaryl/α,β-unsaturated/α-hetero) is 1. The second kappa shape index (κ2) is 4.07. The predicted molar refractivity (Wildman–Crippen MR) is 53.6 cm³/mol. The SMILES string of the molecule is Nc1cc(Br)c(F)cc1C(=O)CCl. The van der Waals surface area contributed by atoms with Crippen LogP contribution in [0.2, 0.25) is 0 Å². The normalized spacial score (nSPS) is 10.1. The third kappa shape index (κ3) is 2.19. The average molecular weight is 266 g/mol. The molecule has 0 heterocycles. The maximum atomic E-state index is 13.0. The van der Waals surface area contributed by atoms with E-state index in [1.807, 2.05) is 0 Å². The molecular formula is C8H6BrClFNO. The minimum atomic E-state index is -0.525. The number of hydrogen-bond acceptors (Lipinski definition) is 2. The first-order chi connectivity index (χ1) is 6.06. The van der Waals surface area contributed by atoms with Crippen LogP contribution in [-0.4, -0.2) is 11.7 Å². The third-order valence-electron chi connectivity index (χ3n) is 1.51. The average Bonchev–Trinajstić information content (AvgIpc) is 2.10. The van der Waals surface area contributed by atoms with E-state index >= 15 is 0 Å². The van der Waals surface area contributed by atoms with Crippen molar-refractivity contribution >= 4 is 39.0 Å². The standard InChI is InChI=1S/C8H6BrClFNO/c9-5-2-7(12)4(1-6(5)11)8(13)3-10/h1-2H,3,12H2. The number of halogens is 3. The number of nitrogen functional groups attached to an aromatic ring is 1. The fourth-order valence-electron chi connectivity index (χ4n) is 0.876. The van der Waals surface area contributed by atoms with Crippen molar-refractivity contribution in [1.82, 2.24) is 0 Å². The van der Waals surface area contributed by atoms with Crippen LogP contribution in [0.1, 0.15) is 10.4 Å². The molecule has 0 atom stereocenters. The molecule has 5 heteroatoms. The Morgan fingerprint density at radius 3 is 2.77 bits per heavy atom. The van der Waals surface area contributed by atoms with E-state index in [0.717, 1.165) is 6.07 Å². The summed E-state index contributed by atoms with van der Waals surface area (Å²) in [5.74, 6) is -1.11. The van der Waals surface area contributed by atoms with Gasteiger partial charge < -0.3 is 5.73 Å². The minimum Gasteiger partial charge on any atom is -0.398 e. The number of anilines is 1. The number of rotatable bonds is 2. The van der Waals surface area contributed by atoms with Crippen LogP contribution in [-0.2, 0) is 0 Å². The molecule has 0 aliphatic heterocycles. The van der Waals surface area contributed by atoms with Crippen molar-refractivity contribution in [1.29, 1.82) is 0 Å². The van der Waals surface area contributed by atoms with Crippen molar-refractivity contribution in [2.24, 2.45) is 0 Å². The van der Waals surface area contributed by atoms with Crippen molar-refractivity contribution in [2.45, 2.75) is 0 Å². The first-order valence-electron chi connectivity index (χ1n) is 3.40. The zero-order valence-corrected chi connectivity index (χ0v) is 8.82. The van der Waals surface area contributed by atoms with Gasteiger partial charge in [-0.2, -0.15) is 0 Å². The monoisotopic (exact) mass is 265 g/mol. The number of carbonyl (C=O) groups excluding carboxylic acids is 1. The summed E-state index contributed by atoms with van der Waals surface area (Å²) < 4.78 is 13.2. The van der Waals surface area contributed by atoms with Crippen LogP contribution in [0.4, 0.5) is 10.1 Å². The molecule has 0 spiro atoms. The summed E-state index contributed by atoms with van der Waals surface area (Å²) in [6.45, 7) is 0. The first kappa shape index (κ1) is 10.5. The number of carbonyl (C=O) groups is 1. The van der Waals surface area contributed by atoms with E-state index in [1.165, 1.54) is 6.07 Å². The smallest absolute Gasteiger partial charge is 0.179 e. The molecule has 0 amide bonds. The lowest BCUT2D eigenvalue weighted by atomic mass is 10.1. The lowest BCUT2D eigenvalue weighted by Crippen LogP contribution is -2.05. The molecule has 0 saturated carbocycles. The van der Waals surface area contributed by atoms with E-state index in [9.17, 15) is 9.18 Å². The number of hydrogen-bond donors (Lipinski definition) is 1. The highest BCUT2D eigenvalue weighted by atomic mass is 79.9. The van der Waals surface area contributed by atoms with Crippen LogP contribution >= 0.6 is 27.5 Å². The van der Waals surface area contributed by atoms with Crippen molar-refractivity contribution < 1.29 is 9.18 Å². The van der Waals surface area contributed by atoms with Gasteiger partial charge in [0.25, 0.3) is 0 Å². The molecule has 0 aromatic heterocycles. The maximum absolute atomic E-state index is 13.0. The molecule has 70 valence electrons. The molecule has 0 aliphatic carbocycles. The van der Waals surface area contributed by atoms with Gasteiger partial charge in [-0.25, -0.2) is 4.39 Å². The molecule has 0 unspecified atom stereocenters. The highest BCUT2D eigenvalue weighted by molar-refractivity contribution is 9.10. The van der Waals surface area contributed by atoms with Gasteiger partial charge in [0.2, 0.25) is 0 Å². The summed E-state index contributed by atoms with van der Waals surface area (Å²) in [5.41, 5.74) is 5.83. The summed E-state index contributed by atoms with van der Waals surface area (Å²) in [7, 11) is 0. The Labute approximate surface area is 88.0 Å². The molecular weight excluding hydrogens is 260 g/mol. The van der Waals surface area contributed by atoms with Gasteiger partial charge >= 0.3 is 0 Å². The van der Waals surface area contributed by atoms with E-state index in [2.05, 4.69) is 15.9 Å². The Kier molecular flexibility index (Phi) is 3.27. The number of alkyl halides is 1. The van der Waals surface area contributed by atoms with E-state index in [0.29, 0.717) is 0 Å². The van der Waals surface area contributed by atoms with Crippen LogP contribution in [0.15, 0.2) is 16.6 Å². The van der Waals surface area contributed by atoms with Crippen LogP contribution in [0.5, 0.6) is 0 Å². The summed E-state index contributed by atoms with van der Waals surface area (Å²) in [6, 6.07) is 2.42. The van der Waals surface area contributed by atoms with Crippen molar-refractivity contribution in [3.05, 3.63) is 28.0 Å². The van der Waals surface area contributed by atoms with E-state index < -0.39 is 5.82 Å². The molecule has 1 rings (SSSR count). The Hall–Kier alpha value is -0.610. The highest BCUT2D eigenvalue weighted by Gasteiger charge is 2.11. The van der Waals surface area contributed by atoms with Crippen LogP contribution in [0.25, 0.3) is 0 Å². The molecule has 13 heavy (non-hydrogen) atoms. The Bertz CT molecular complexity index is 356. The van der Waals surface area contributed by atoms with Gasteiger partial charge in [0.05, 0.1) is 10.4 Å². The second-order valence-corrected chi connectivity index (χ2v) is 3.53. The van der Waals surface area contributed by atoms with Crippen molar-refractivity contribution in [3.63, 3.8) is 0 Å². The minimum absolute atomic E-state index is 0.121. The lowest BCUT2D eigenvalue weighted by molar-refractivity contribution is 0.102. The molecule has 2 nitrogen and oxygen atoms in total. The number of nitrogens with two attached hydrogens (primary N) is 1. The molecule has 0 radical (unpaired) electrons. The Morgan fingerprint density at radius 2 is 2.23 bits per heavy atom. The molecule has 0 saturated heterocycles. The summed E-state index contributed by atoms with van der Waals surface area (Å²) >= 11 is 8.26. The summed E-state index contributed by atoms with van der Waals surface area (Å²) in [4.78, 5) is 11.1. The number of benzene rings is 1. The van der Waals surface area contributed by atoms with Gasteiger partial charge in [0.1, 0.15) is 5.82 Å². The van der Waals surface area contributed by atoms with E-state index in [-0.39, 0.29) is 27.4 Å². The topological polar surface area (TPSA) is 43.1 Å². The fraction of sp³-hybridized carbons (Fsp3) is 0.125. The summed E-state index contributed by atoms with van der Waals surface area (Å²) in [6.07, 6.45) is 0.